The van der Waals surface area contributed by atoms with Crippen molar-refractivity contribution < 1.29 is 31.9 Å². The van der Waals surface area contributed by atoms with E-state index in [1.165, 1.54) is 48.4 Å². The van der Waals surface area contributed by atoms with Gasteiger partial charge in [0, 0.05) is 19.0 Å². The molecule has 0 aromatic heterocycles. The monoisotopic (exact) mass is 673 g/mol. The molecule has 0 saturated heterocycles. The molecule has 4 aromatic carbocycles. The molecule has 0 heterocycles. The van der Waals surface area contributed by atoms with Gasteiger partial charge < -0.3 is 19.7 Å². The minimum atomic E-state index is -4.34. The fourth-order valence-electron chi connectivity index (χ4n) is 5.90. The van der Waals surface area contributed by atoms with Gasteiger partial charge in [0.1, 0.15) is 29.9 Å². The third kappa shape index (κ3) is 8.51. The van der Waals surface area contributed by atoms with E-state index in [0.29, 0.717) is 17.1 Å². The van der Waals surface area contributed by atoms with Crippen LogP contribution in [0.3, 0.4) is 0 Å². The van der Waals surface area contributed by atoms with Gasteiger partial charge in [0.15, 0.2) is 0 Å². The van der Waals surface area contributed by atoms with Crippen LogP contribution in [0.2, 0.25) is 0 Å². The molecule has 0 unspecified atom stereocenters. The third-order valence-electron chi connectivity index (χ3n) is 8.50. The van der Waals surface area contributed by atoms with Crippen LogP contribution in [0.15, 0.2) is 108 Å². The molecule has 1 aliphatic carbocycles. The van der Waals surface area contributed by atoms with E-state index in [1.807, 2.05) is 36.4 Å². The number of halogens is 1. The van der Waals surface area contributed by atoms with Crippen LogP contribution < -0.4 is 19.1 Å². The van der Waals surface area contributed by atoms with E-state index in [0.717, 1.165) is 47.7 Å². The number of carbonyl (C=O) groups excluding carboxylic acids is 2. The maximum absolute atomic E-state index is 14.6. The van der Waals surface area contributed by atoms with Crippen LogP contribution in [-0.2, 0) is 32.6 Å². The normalized spacial score (nSPS) is 13.8. The average molecular weight is 674 g/mol. The van der Waals surface area contributed by atoms with Crippen LogP contribution in [0.5, 0.6) is 11.5 Å². The van der Waals surface area contributed by atoms with Gasteiger partial charge in [-0.1, -0.05) is 55.3 Å². The molecule has 1 fully saturated rings. The first kappa shape index (κ1) is 34.4. The van der Waals surface area contributed by atoms with Gasteiger partial charge in [0.05, 0.1) is 24.8 Å². The summed E-state index contributed by atoms with van der Waals surface area (Å²) in [7, 11) is -1.33. The molecule has 2 amide bonds. The lowest BCUT2D eigenvalue weighted by Gasteiger charge is -2.34. The van der Waals surface area contributed by atoms with Crippen LogP contribution >= 0.6 is 0 Å². The molecular weight excluding hydrogens is 633 g/mol. The highest BCUT2D eigenvalue weighted by Gasteiger charge is 2.35. The second kappa shape index (κ2) is 15.8. The van der Waals surface area contributed by atoms with Gasteiger partial charge in [-0.3, -0.25) is 13.9 Å². The molecule has 5 rings (SSSR count). The Morgan fingerprint density at radius 2 is 1.48 bits per heavy atom. The highest BCUT2D eigenvalue weighted by molar-refractivity contribution is 7.92. The Bertz CT molecular complexity index is 1780. The summed E-state index contributed by atoms with van der Waals surface area (Å²) in [5.74, 6) is -0.446. The van der Waals surface area contributed by atoms with E-state index in [1.54, 1.807) is 25.3 Å². The van der Waals surface area contributed by atoms with E-state index in [2.05, 4.69) is 5.32 Å². The number of amides is 2. The topological polar surface area (TPSA) is 105 Å². The van der Waals surface area contributed by atoms with Crippen molar-refractivity contribution in [2.75, 3.05) is 25.1 Å². The molecular formula is C37H40FN3O6S. The van der Waals surface area contributed by atoms with Gasteiger partial charge in [-0.15, -0.1) is 0 Å². The first-order valence-corrected chi connectivity index (χ1v) is 17.3. The van der Waals surface area contributed by atoms with Crippen LogP contribution in [0.4, 0.5) is 10.1 Å². The summed E-state index contributed by atoms with van der Waals surface area (Å²) >= 11 is 0. The number of sulfonamides is 1. The van der Waals surface area contributed by atoms with Gasteiger partial charge in [0.2, 0.25) is 11.8 Å². The number of anilines is 1. The van der Waals surface area contributed by atoms with Crippen LogP contribution in [0, 0.1) is 5.82 Å². The summed E-state index contributed by atoms with van der Waals surface area (Å²) in [6.07, 6.45) is 3.93. The largest absolute Gasteiger partial charge is 0.497 e. The highest BCUT2D eigenvalue weighted by atomic mass is 32.2. The van der Waals surface area contributed by atoms with Gasteiger partial charge in [-0.25, -0.2) is 12.8 Å². The van der Waals surface area contributed by atoms with Crippen molar-refractivity contribution in [3.05, 3.63) is 120 Å². The van der Waals surface area contributed by atoms with Crippen LogP contribution in [-0.4, -0.2) is 58.0 Å². The zero-order chi connectivity index (χ0) is 34.1. The minimum absolute atomic E-state index is 0.00397. The number of nitrogens with zero attached hydrogens (tertiary/aromatic N) is 2. The van der Waals surface area contributed by atoms with Crippen molar-refractivity contribution in [3.8, 4) is 11.5 Å². The van der Waals surface area contributed by atoms with Crippen LogP contribution in [0.1, 0.15) is 36.8 Å². The van der Waals surface area contributed by atoms with Crippen molar-refractivity contribution in [2.24, 2.45) is 0 Å². The minimum Gasteiger partial charge on any atom is -0.497 e. The smallest absolute Gasteiger partial charge is 0.264 e. The molecule has 9 nitrogen and oxygen atoms in total. The van der Waals surface area contributed by atoms with Crippen molar-refractivity contribution >= 4 is 27.5 Å². The standard InChI is InChI=1S/C37H40FN3O6S/c1-46-32-19-21-34(22-20-32)48(44,45)41(31-17-15-29(38)16-18-31)26-36(42)40(25-28-11-8-14-33(23-28)47-2)35(24-27-9-4-3-5-10-27)37(43)39-30-12-6-7-13-30/h3-5,8-11,14-23,30,35H,6-7,12-13,24-26H2,1-2H3,(H,39,43)/t35-/m1/s1. The lowest BCUT2D eigenvalue weighted by atomic mass is 10.0. The van der Waals surface area contributed by atoms with Gasteiger partial charge in [-0.05, 0) is 84.6 Å². The predicted octanol–water partition coefficient (Wildman–Crippen LogP) is 5.74. The number of ether oxygens (including phenoxy) is 2. The number of carbonyl (C=O) groups is 2. The lowest BCUT2D eigenvalue weighted by Crippen LogP contribution is -2.54. The molecule has 1 atom stereocenters. The van der Waals surface area contributed by atoms with Gasteiger partial charge >= 0.3 is 0 Å². The number of hydrogen-bond donors (Lipinski definition) is 1. The summed E-state index contributed by atoms with van der Waals surface area (Å²) in [5, 5.41) is 3.16. The number of benzene rings is 4. The SMILES string of the molecule is COc1ccc(S(=O)(=O)N(CC(=O)N(Cc2cccc(OC)c2)[C@H](Cc2ccccc2)C(=O)NC2CCCC2)c2ccc(F)cc2)cc1. The second-order valence-corrected chi connectivity index (χ2v) is 13.6. The summed E-state index contributed by atoms with van der Waals surface area (Å²) < 4.78 is 53.9. The first-order chi connectivity index (χ1) is 23.2. The molecule has 48 heavy (non-hydrogen) atoms. The second-order valence-electron chi connectivity index (χ2n) is 11.7. The van der Waals surface area contributed by atoms with E-state index < -0.39 is 34.3 Å². The van der Waals surface area contributed by atoms with E-state index in [-0.39, 0.29) is 35.5 Å². The molecule has 0 aliphatic heterocycles. The maximum Gasteiger partial charge on any atom is 0.264 e. The summed E-state index contributed by atoms with van der Waals surface area (Å²) in [5.41, 5.74) is 1.63. The zero-order valence-electron chi connectivity index (χ0n) is 27.0. The number of methoxy groups -OCH3 is 2. The van der Waals surface area contributed by atoms with Crippen LogP contribution in [0.25, 0.3) is 0 Å². The summed E-state index contributed by atoms with van der Waals surface area (Å²) in [6.45, 7) is -0.641. The molecule has 0 spiro atoms. The molecule has 0 bridgehead atoms. The first-order valence-electron chi connectivity index (χ1n) is 15.9. The third-order valence-corrected chi connectivity index (χ3v) is 10.3. The van der Waals surface area contributed by atoms with E-state index in [9.17, 15) is 22.4 Å². The highest BCUT2D eigenvalue weighted by Crippen LogP contribution is 2.27. The van der Waals surface area contributed by atoms with Crippen molar-refractivity contribution in [1.82, 2.24) is 10.2 Å². The molecule has 11 heteroatoms. The number of rotatable bonds is 14. The van der Waals surface area contributed by atoms with E-state index in [4.69, 9.17) is 9.47 Å². The molecule has 0 radical (unpaired) electrons. The maximum atomic E-state index is 14.6. The molecule has 1 N–H and O–H groups in total. The Kier molecular flexibility index (Phi) is 11.3. The Labute approximate surface area is 281 Å². The van der Waals surface area contributed by atoms with Crippen molar-refractivity contribution in [1.29, 1.82) is 0 Å². The number of nitrogens with one attached hydrogen (secondary N) is 1. The Morgan fingerprint density at radius 3 is 2.12 bits per heavy atom. The fourth-order valence-corrected chi connectivity index (χ4v) is 7.31. The fraction of sp³-hybridized carbons (Fsp3) is 0.297. The van der Waals surface area contributed by atoms with Gasteiger partial charge in [-0.2, -0.15) is 0 Å². The average Bonchev–Trinajstić information content (AvgIpc) is 3.62. The number of hydrogen-bond acceptors (Lipinski definition) is 6. The Balaban J connectivity index is 1.57. The molecule has 1 saturated carbocycles. The quantitative estimate of drug-likeness (QED) is 0.183. The molecule has 1 aliphatic rings. The molecule has 252 valence electrons. The summed E-state index contributed by atoms with van der Waals surface area (Å²) in [6, 6.07) is 26.3. The Hall–Kier alpha value is -4.90. The van der Waals surface area contributed by atoms with Crippen molar-refractivity contribution in [2.45, 2.75) is 55.6 Å². The van der Waals surface area contributed by atoms with Gasteiger partial charge in [0.25, 0.3) is 10.0 Å². The zero-order valence-corrected chi connectivity index (χ0v) is 27.9. The lowest BCUT2D eigenvalue weighted by molar-refractivity contribution is -0.140. The Morgan fingerprint density at radius 1 is 0.833 bits per heavy atom. The molecule has 4 aromatic rings. The van der Waals surface area contributed by atoms with Crippen molar-refractivity contribution in [3.63, 3.8) is 0 Å². The van der Waals surface area contributed by atoms with E-state index >= 15 is 0 Å². The summed E-state index contributed by atoms with van der Waals surface area (Å²) in [4.78, 5) is 30.1. The predicted molar refractivity (Wildman–Crippen MR) is 182 cm³/mol.